The van der Waals surface area contributed by atoms with Gasteiger partial charge in [-0.05, 0) is 64.2 Å². The number of benzene rings is 4. The maximum Gasteiger partial charge on any atom is 0.307 e. The van der Waals surface area contributed by atoms with Crippen molar-refractivity contribution in [1.82, 2.24) is 21.3 Å². The molecule has 314 valence electrons. The second-order valence-corrected chi connectivity index (χ2v) is 16.1. The Bertz CT molecular complexity index is 2320. The van der Waals surface area contributed by atoms with Gasteiger partial charge in [0.05, 0.1) is 18.4 Å². The third-order valence-electron chi connectivity index (χ3n) is 10.3. The van der Waals surface area contributed by atoms with Gasteiger partial charge in [0.15, 0.2) is 5.78 Å². The first kappa shape index (κ1) is 43.6. The fourth-order valence-electron chi connectivity index (χ4n) is 7.15. The number of carboxylic acids is 1. The van der Waals surface area contributed by atoms with E-state index in [9.17, 15) is 38.7 Å². The zero-order valence-electron chi connectivity index (χ0n) is 33.5. The Morgan fingerprint density at radius 1 is 0.623 bits per heavy atom. The summed E-state index contributed by atoms with van der Waals surface area (Å²) in [5, 5.41) is 25.7. The first-order valence-corrected chi connectivity index (χ1v) is 20.8. The molecule has 6 N–H and O–H groups in total. The number of ketones is 1. The van der Waals surface area contributed by atoms with Crippen LogP contribution in [0.5, 0.6) is 0 Å². The van der Waals surface area contributed by atoms with Crippen molar-refractivity contribution in [2.24, 2.45) is 5.92 Å². The van der Waals surface area contributed by atoms with Crippen molar-refractivity contribution < 1.29 is 38.7 Å². The molecule has 0 radical (unpaired) electrons. The van der Waals surface area contributed by atoms with Gasteiger partial charge in [0.25, 0.3) is 0 Å². The fourth-order valence-corrected chi connectivity index (χ4v) is 7.90. The number of Topliss-reactive ketones (excluding diaryl/α,β-unsaturated/α-hetero) is 1. The van der Waals surface area contributed by atoms with Crippen LogP contribution in [-0.4, -0.2) is 70.6 Å². The highest BCUT2D eigenvalue weighted by atomic mass is 32.1. The Morgan fingerprint density at radius 3 is 1.84 bits per heavy atom. The molecule has 61 heavy (non-hydrogen) atoms. The molecule has 0 aliphatic carbocycles. The third kappa shape index (κ3) is 12.8. The van der Waals surface area contributed by atoms with E-state index in [1.807, 2.05) is 66.0 Å². The Balaban J connectivity index is 1.37. The van der Waals surface area contributed by atoms with Gasteiger partial charge in [0.1, 0.15) is 18.1 Å². The van der Waals surface area contributed by atoms with Gasteiger partial charge in [-0.1, -0.05) is 103 Å². The minimum Gasteiger partial charge on any atom is -0.481 e. The number of rotatable bonds is 9. The van der Waals surface area contributed by atoms with Crippen molar-refractivity contribution in [3.63, 3.8) is 0 Å². The van der Waals surface area contributed by atoms with Crippen molar-refractivity contribution in [3.05, 3.63) is 148 Å². The van der Waals surface area contributed by atoms with Crippen molar-refractivity contribution in [2.75, 3.05) is 5.32 Å². The van der Waals surface area contributed by atoms with Crippen LogP contribution in [0.4, 0.5) is 5.69 Å². The molecular weight excluding hydrogens is 795 g/mol. The summed E-state index contributed by atoms with van der Waals surface area (Å²) < 4.78 is 0. The number of thiophene rings is 1. The summed E-state index contributed by atoms with van der Waals surface area (Å²) in [6.07, 6.45) is -0.846. The van der Waals surface area contributed by atoms with Crippen LogP contribution in [0, 0.1) is 5.92 Å². The van der Waals surface area contributed by atoms with Crippen molar-refractivity contribution in [3.8, 4) is 11.1 Å². The van der Waals surface area contributed by atoms with E-state index in [4.69, 9.17) is 0 Å². The van der Waals surface area contributed by atoms with E-state index in [0.29, 0.717) is 16.8 Å². The zero-order chi connectivity index (χ0) is 43.3. The molecule has 5 atom stereocenters. The van der Waals surface area contributed by atoms with Crippen LogP contribution < -0.4 is 26.6 Å². The lowest BCUT2D eigenvalue weighted by Gasteiger charge is -2.26. The largest absolute Gasteiger partial charge is 0.481 e. The number of carbonyl (C=O) groups is 7. The normalized spacial score (nSPS) is 20.6. The molecule has 0 saturated carbocycles. The van der Waals surface area contributed by atoms with Crippen LogP contribution in [0.2, 0.25) is 0 Å². The molecule has 5 amide bonds. The van der Waals surface area contributed by atoms with E-state index in [0.717, 1.165) is 21.6 Å². The molecule has 5 aromatic rings. The standard InChI is InChI=1S/C47H47N5O8S/c1-29(53)48-41-28-43(55)50-40(27-37-13-8-22-61-37)46(58)52-39(25-32-14-18-34(19-15-32)33-11-6-3-7-12-33)45(57)51-38(24-30-9-4-2-5-10-30)42(54)26-35(47(59)60)23-31-16-20-36(21-17-31)49-44(41)56/h2-22,35,38-41H,23-28H2,1H3,(H,48,53)(H,49,56)(H,50,55)(H,51,57)(H,52,58)(H,59,60)/t35-,38-,39+,40-,41-/m1/s1. The summed E-state index contributed by atoms with van der Waals surface area (Å²) >= 11 is 1.36. The summed E-state index contributed by atoms with van der Waals surface area (Å²) in [5.41, 5.74) is 4.23. The number of anilines is 1. The molecule has 0 fully saturated rings. The summed E-state index contributed by atoms with van der Waals surface area (Å²) in [4.78, 5) is 95.7. The monoisotopic (exact) mass is 841 g/mol. The first-order chi connectivity index (χ1) is 29.4. The maximum atomic E-state index is 14.5. The summed E-state index contributed by atoms with van der Waals surface area (Å²) in [7, 11) is 0. The lowest BCUT2D eigenvalue weighted by molar-refractivity contribution is -0.144. The molecule has 2 aliphatic heterocycles. The highest BCUT2D eigenvalue weighted by Crippen LogP contribution is 2.22. The summed E-state index contributed by atoms with van der Waals surface area (Å²) in [6, 6.07) is 31.2. The lowest BCUT2D eigenvalue weighted by Crippen LogP contribution is -2.57. The van der Waals surface area contributed by atoms with Gasteiger partial charge in [-0.25, -0.2) is 0 Å². The van der Waals surface area contributed by atoms with Gasteiger partial charge in [0.2, 0.25) is 29.5 Å². The van der Waals surface area contributed by atoms with Gasteiger partial charge in [-0.2, -0.15) is 0 Å². The summed E-state index contributed by atoms with van der Waals surface area (Å²) in [6.45, 7) is 1.21. The van der Waals surface area contributed by atoms with Crippen LogP contribution in [0.15, 0.2) is 127 Å². The van der Waals surface area contributed by atoms with Crippen LogP contribution in [0.1, 0.15) is 41.3 Å². The molecule has 4 aromatic carbocycles. The number of aliphatic carboxylic acids is 1. The molecule has 2 aliphatic rings. The predicted octanol–water partition coefficient (Wildman–Crippen LogP) is 4.65. The number of fused-ring (bicyclic) bond motifs is 18. The highest BCUT2D eigenvalue weighted by molar-refractivity contribution is 7.09. The Morgan fingerprint density at radius 2 is 1.21 bits per heavy atom. The SMILES string of the molecule is CC(=O)N[C@@H]1CC(=O)N[C@H](Cc2cccs2)C(=O)N[C@@H](Cc2ccc(-c3ccccc3)cc2)C(=O)N[C@H](Cc2ccccc2)C(=O)C[C@H](C(=O)O)Cc2ccc(cc2)NC1=O. The van der Waals surface area contributed by atoms with Gasteiger partial charge >= 0.3 is 5.97 Å². The molecule has 0 spiro atoms. The Kier molecular flexibility index (Phi) is 14.9. The van der Waals surface area contributed by atoms with E-state index >= 15 is 0 Å². The second kappa shape index (κ2) is 20.9. The van der Waals surface area contributed by atoms with E-state index in [-0.39, 0.29) is 25.7 Å². The van der Waals surface area contributed by atoms with Crippen molar-refractivity contribution >= 4 is 58.3 Å². The summed E-state index contributed by atoms with van der Waals surface area (Å²) in [5.74, 6) is -6.23. The number of nitrogens with one attached hydrogen (secondary N) is 5. The van der Waals surface area contributed by atoms with Crippen LogP contribution in [-0.2, 0) is 59.2 Å². The average molecular weight is 842 g/mol. The third-order valence-corrected chi connectivity index (χ3v) is 11.2. The van der Waals surface area contributed by atoms with Crippen LogP contribution >= 0.6 is 11.3 Å². The van der Waals surface area contributed by atoms with E-state index < -0.39 is 84.2 Å². The Hall–Kier alpha value is -6.93. The molecule has 1 aromatic heterocycles. The molecule has 0 saturated heterocycles. The lowest BCUT2D eigenvalue weighted by atomic mass is 9.90. The first-order valence-electron chi connectivity index (χ1n) is 19.9. The predicted molar refractivity (Wildman–Crippen MR) is 231 cm³/mol. The van der Waals surface area contributed by atoms with Crippen molar-refractivity contribution in [2.45, 2.75) is 69.6 Å². The molecule has 3 heterocycles. The molecule has 13 nitrogen and oxygen atoms in total. The zero-order valence-corrected chi connectivity index (χ0v) is 34.3. The second-order valence-electron chi connectivity index (χ2n) is 15.0. The maximum absolute atomic E-state index is 14.5. The smallest absolute Gasteiger partial charge is 0.307 e. The molecule has 2 bridgehead atoms. The van der Waals surface area contributed by atoms with E-state index in [1.165, 1.54) is 18.3 Å². The molecule has 7 rings (SSSR count). The number of carbonyl (C=O) groups excluding carboxylic acids is 6. The topological polar surface area (TPSA) is 200 Å². The van der Waals surface area contributed by atoms with Crippen LogP contribution in [0.3, 0.4) is 0 Å². The quantitative estimate of drug-likeness (QED) is 0.115. The number of amides is 5. The van der Waals surface area contributed by atoms with Gasteiger partial charge in [0, 0.05) is 36.8 Å². The van der Waals surface area contributed by atoms with Gasteiger partial charge < -0.3 is 31.7 Å². The van der Waals surface area contributed by atoms with E-state index in [1.54, 1.807) is 60.7 Å². The highest BCUT2D eigenvalue weighted by Gasteiger charge is 2.33. The number of carboxylic acid groups (broad SMARTS) is 1. The minimum absolute atomic E-state index is 0.00307. The number of hydrogen-bond donors (Lipinski definition) is 6. The minimum atomic E-state index is -1.32. The molecule has 0 unspecified atom stereocenters. The molecule has 14 heteroatoms. The van der Waals surface area contributed by atoms with Gasteiger partial charge in [-0.15, -0.1) is 11.3 Å². The van der Waals surface area contributed by atoms with Crippen molar-refractivity contribution in [1.29, 1.82) is 0 Å². The van der Waals surface area contributed by atoms with E-state index in [2.05, 4.69) is 26.6 Å². The average Bonchev–Trinajstić information content (AvgIpc) is 3.76. The molecular formula is C47H47N5O8S. The number of hydrogen-bond acceptors (Lipinski definition) is 8. The Labute approximate surface area is 357 Å². The fraction of sp³-hybridized carbons (Fsp3) is 0.255. The van der Waals surface area contributed by atoms with Crippen LogP contribution in [0.25, 0.3) is 11.1 Å². The van der Waals surface area contributed by atoms with Gasteiger partial charge in [-0.3, -0.25) is 33.6 Å².